The van der Waals surface area contributed by atoms with Gasteiger partial charge in [-0.3, -0.25) is 4.79 Å². The first kappa shape index (κ1) is 18.0. The molecule has 1 saturated heterocycles. The Bertz CT molecular complexity index is 407. The lowest BCUT2D eigenvalue weighted by Gasteiger charge is -2.34. The number of rotatable bonds is 2. The summed E-state index contributed by atoms with van der Waals surface area (Å²) in [7, 11) is 0. The topological polar surface area (TPSA) is 49.6 Å². The summed E-state index contributed by atoms with van der Waals surface area (Å²) in [6, 6.07) is 7.27. The molecule has 0 saturated carbocycles. The van der Waals surface area contributed by atoms with Crippen LogP contribution in [0.3, 0.4) is 0 Å². The number of para-hydroxylation sites is 1. The highest BCUT2D eigenvalue weighted by Gasteiger charge is 2.22. The van der Waals surface area contributed by atoms with Crippen LogP contribution in [0.15, 0.2) is 24.3 Å². The van der Waals surface area contributed by atoms with Gasteiger partial charge >= 0.3 is 0 Å². The minimum absolute atomic E-state index is 0. The van der Waals surface area contributed by atoms with Crippen LogP contribution < -0.4 is 5.73 Å². The summed E-state index contributed by atoms with van der Waals surface area (Å²) in [5.74, 6) is 0.0545. The lowest BCUT2D eigenvalue weighted by Crippen LogP contribution is -2.48. The number of hydrogen-bond acceptors (Lipinski definition) is 3. The van der Waals surface area contributed by atoms with Gasteiger partial charge in [-0.05, 0) is 18.7 Å². The van der Waals surface area contributed by atoms with Gasteiger partial charge in [0, 0.05) is 31.9 Å². The molecule has 0 aromatic heterocycles. The van der Waals surface area contributed by atoms with Gasteiger partial charge in [-0.2, -0.15) is 0 Å². The highest BCUT2D eigenvalue weighted by Crippen LogP contribution is 2.14. The molecular formula is C13H21Cl2N3O. The summed E-state index contributed by atoms with van der Waals surface area (Å²) in [4.78, 5) is 16.5. The van der Waals surface area contributed by atoms with E-state index in [1.807, 2.05) is 17.0 Å². The molecule has 0 spiro atoms. The van der Waals surface area contributed by atoms with Gasteiger partial charge < -0.3 is 15.5 Å². The molecule has 6 heteroatoms. The number of piperazine rings is 1. The van der Waals surface area contributed by atoms with Crippen LogP contribution in [0.2, 0.25) is 0 Å². The fraction of sp³-hybridized carbons (Fsp3) is 0.462. The van der Waals surface area contributed by atoms with Gasteiger partial charge in [0.2, 0.25) is 0 Å². The van der Waals surface area contributed by atoms with Crippen LogP contribution in [-0.4, -0.2) is 48.4 Å². The predicted molar refractivity (Wildman–Crippen MR) is 83.4 cm³/mol. The fourth-order valence-corrected chi connectivity index (χ4v) is 2.13. The SMILES string of the molecule is CCN1CCN(C(=O)c2ccccc2N)CC1.Cl.Cl. The zero-order valence-electron chi connectivity index (χ0n) is 11.0. The second-order valence-electron chi connectivity index (χ2n) is 4.31. The Morgan fingerprint density at radius 2 is 1.74 bits per heavy atom. The Labute approximate surface area is 126 Å². The molecule has 2 N–H and O–H groups in total. The Morgan fingerprint density at radius 1 is 1.16 bits per heavy atom. The fourth-order valence-electron chi connectivity index (χ4n) is 2.13. The van der Waals surface area contributed by atoms with Crippen LogP contribution in [0.1, 0.15) is 17.3 Å². The monoisotopic (exact) mass is 305 g/mol. The molecule has 1 heterocycles. The number of likely N-dealkylation sites (N-methyl/N-ethyl adjacent to an activating group) is 1. The van der Waals surface area contributed by atoms with Gasteiger partial charge in [0.15, 0.2) is 0 Å². The average molecular weight is 306 g/mol. The smallest absolute Gasteiger partial charge is 0.256 e. The van der Waals surface area contributed by atoms with E-state index in [2.05, 4.69) is 11.8 Å². The molecule has 0 radical (unpaired) electrons. The second-order valence-corrected chi connectivity index (χ2v) is 4.31. The number of nitrogens with zero attached hydrogens (tertiary/aromatic N) is 2. The molecule has 1 amide bonds. The third-order valence-electron chi connectivity index (χ3n) is 3.30. The number of amides is 1. The van der Waals surface area contributed by atoms with Crippen molar-refractivity contribution >= 4 is 36.4 Å². The van der Waals surface area contributed by atoms with Gasteiger partial charge in [-0.25, -0.2) is 0 Å². The lowest BCUT2D eigenvalue weighted by molar-refractivity contribution is 0.0644. The van der Waals surface area contributed by atoms with Crippen molar-refractivity contribution in [2.24, 2.45) is 0 Å². The molecule has 0 atom stereocenters. The second kappa shape index (κ2) is 8.25. The van der Waals surface area contributed by atoms with Crippen LogP contribution in [0, 0.1) is 0 Å². The maximum absolute atomic E-state index is 12.2. The first-order valence-electron chi connectivity index (χ1n) is 6.08. The molecule has 108 valence electrons. The van der Waals surface area contributed by atoms with Gasteiger partial charge in [-0.1, -0.05) is 19.1 Å². The van der Waals surface area contributed by atoms with Crippen molar-refractivity contribution in [3.05, 3.63) is 29.8 Å². The molecule has 0 bridgehead atoms. The Kier molecular flexibility index (Phi) is 7.83. The summed E-state index contributed by atoms with van der Waals surface area (Å²) < 4.78 is 0. The van der Waals surface area contributed by atoms with Crippen molar-refractivity contribution in [1.29, 1.82) is 0 Å². The first-order valence-corrected chi connectivity index (χ1v) is 6.08. The first-order chi connectivity index (χ1) is 8.22. The Balaban J connectivity index is 0.00000162. The van der Waals surface area contributed by atoms with Gasteiger partial charge in [0.05, 0.1) is 5.56 Å². The Morgan fingerprint density at radius 3 is 2.26 bits per heavy atom. The van der Waals surface area contributed by atoms with E-state index in [0.717, 1.165) is 32.7 Å². The highest BCUT2D eigenvalue weighted by molar-refractivity contribution is 5.99. The zero-order chi connectivity index (χ0) is 12.3. The molecular weight excluding hydrogens is 285 g/mol. The third kappa shape index (κ3) is 4.27. The van der Waals surface area contributed by atoms with Crippen molar-refractivity contribution in [1.82, 2.24) is 9.80 Å². The van der Waals surface area contributed by atoms with Gasteiger partial charge in [0.25, 0.3) is 5.91 Å². The maximum atomic E-state index is 12.2. The predicted octanol–water partition coefficient (Wildman–Crippen LogP) is 1.89. The molecule has 1 aliphatic heterocycles. The third-order valence-corrected chi connectivity index (χ3v) is 3.30. The van der Waals surface area contributed by atoms with Crippen LogP contribution in [0.25, 0.3) is 0 Å². The molecule has 4 nitrogen and oxygen atoms in total. The van der Waals surface area contributed by atoms with E-state index < -0.39 is 0 Å². The number of nitrogens with two attached hydrogens (primary N) is 1. The van der Waals surface area contributed by atoms with E-state index in [4.69, 9.17) is 5.73 Å². The van der Waals surface area contributed by atoms with Crippen LogP contribution in [0.5, 0.6) is 0 Å². The van der Waals surface area contributed by atoms with Crippen molar-refractivity contribution in [3.8, 4) is 0 Å². The number of hydrogen-bond donors (Lipinski definition) is 1. The van der Waals surface area contributed by atoms with Crippen molar-refractivity contribution in [2.45, 2.75) is 6.92 Å². The van der Waals surface area contributed by atoms with E-state index in [-0.39, 0.29) is 30.7 Å². The summed E-state index contributed by atoms with van der Waals surface area (Å²) in [5, 5.41) is 0. The van der Waals surface area contributed by atoms with E-state index in [1.165, 1.54) is 0 Å². The van der Waals surface area contributed by atoms with E-state index >= 15 is 0 Å². The zero-order valence-corrected chi connectivity index (χ0v) is 12.7. The summed E-state index contributed by atoms with van der Waals surface area (Å²) in [6.45, 7) is 6.69. The van der Waals surface area contributed by atoms with Gasteiger partial charge in [-0.15, -0.1) is 24.8 Å². The number of benzene rings is 1. The number of carbonyl (C=O) groups excluding carboxylic acids is 1. The van der Waals surface area contributed by atoms with E-state index in [0.29, 0.717) is 11.3 Å². The van der Waals surface area contributed by atoms with Crippen LogP contribution in [0.4, 0.5) is 5.69 Å². The molecule has 1 aromatic rings. The van der Waals surface area contributed by atoms with Crippen molar-refractivity contribution < 1.29 is 4.79 Å². The maximum Gasteiger partial charge on any atom is 0.256 e. The van der Waals surface area contributed by atoms with Crippen molar-refractivity contribution in [2.75, 3.05) is 38.5 Å². The summed E-state index contributed by atoms with van der Waals surface area (Å²) >= 11 is 0. The minimum atomic E-state index is 0. The van der Waals surface area contributed by atoms with Crippen molar-refractivity contribution in [3.63, 3.8) is 0 Å². The molecule has 1 aliphatic rings. The normalized spacial score (nSPS) is 15.3. The molecule has 0 aliphatic carbocycles. The van der Waals surface area contributed by atoms with Crippen LogP contribution in [-0.2, 0) is 0 Å². The molecule has 0 unspecified atom stereocenters. The molecule has 19 heavy (non-hydrogen) atoms. The van der Waals surface area contributed by atoms with E-state index in [1.54, 1.807) is 12.1 Å². The molecule has 1 aromatic carbocycles. The van der Waals surface area contributed by atoms with Crippen LogP contribution >= 0.6 is 24.8 Å². The standard InChI is InChI=1S/C13H19N3O.2ClH/c1-2-15-7-9-16(10-8-15)13(17)11-5-3-4-6-12(11)14;;/h3-6H,2,7-10,14H2,1H3;2*1H. The lowest BCUT2D eigenvalue weighted by atomic mass is 10.1. The largest absolute Gasteiger partial charge is 0.398 e. The quantitative estimate of drug-likeness (QED) is 0.849. The number of nitrogen functional groups attached to an aromatic ring is 1. The molecule has 2 rings (SSSR count). The summed E-state index contributed by atoms with van der Waals surface area (Å²) in [5.41, 5.74) is 7.01. The average Bonchev–Trinajstić information content (AvgIpc) is 2.39. The number of carbonyl (C=O) groups is 1. The molecule has 1 fully saturated rings. The highest BCUT2D eigenvalue weighted by atomic mass is 35.5. The summed E-state index contributed by atoms with van der Waals surface area (Å²) in [6.07, 6.45) is 0. The van der Waals surface area contributed by atoms with E-state index in [9.17, 15) is 4.79 Å². The number of halogens is 2. The Hall–Kier alpha value is -0.970. The minimum Gasteiger partial charge on any atom is -0.398 e. The van der Waals surface area contributed by atoms with Gasteiger partial charge in [0.1, 0.15) is 0 Å². The number of anilines is 1.